The highest BCUT2D eigenvalue weighted by Gasteiger charge is 2.41. The van der Waals surface area contributed by atoms with Gasteiger partial charge in [-0.05, 0) is 45.2 Å². The molecule has 1 amide bonds. The topological polar surface area (TPSA) is 95.9 Å². The fourth-order valence-corrected chi connectivity index (χ4v) is 5.17. The van der Waals surface area contributed by atoms with Gasteiger partial charge in [0.2, 0.25) is 11.9 Å². The number of imidazole rings is 1. The van der Waals surface area contributed by atoms with Crippen LogP contribution in [0.4, 0.5) is 11.8 Å². The Morgan fingerprint density at radius 3 is 2.74 bits per heavy atom. The average molecular weight is 497 g/mol. The molecule has 3 aromatic heterocycles. The van der Waals surface area contributed by atoms with E-state index in [0.29, 0.717) is 29.9 Å². The molecular formula is C25H33ClN8O. The van der Waals surface area contributed by atoms with Gasteiger partial charge in [0.1, 0.15) is 10.7 Å². The Labute approximate surface area is 210 Å². The van der Waals surface area contributed by atoms with Crippen molar-refractivity contribution < 1.29 is 4.79 Å². The summed E-state index contributed by atoms with van der Waals surface area (Å²) in [5, 5.41) is 0.505. The Morgan fingerprint density at radius 2 is 1.94 bits per heavy atom. The van der Waals surface area contributed by atoms with Crippen LogP contribution < -0.4 is 15.5 Å². The van der Waals surface area contributed by atoms with E-state index in [4.69, 9.17) is 22.3 Å². The lowest BCUT2D eigenvalue weighted by molar-refractivity contribution is -0.140. The number of nitrogens with two attached hydrogens (primary N) is 1. The molecule has 0 saturated carbocycles. The number of fused-ring (bicyclic) bond motifs is 1. The van der Waals surface area contributed by atoms with E-state index < -0.39 is 5.54 Å². The highest BCUT2D eigenvalue weighted by atomic mass is 35.5. The first-order chi connectivity index (χ1) is 16.8. The van der Waals surface area contributed by atoms with Gasteiger partial charge in [-0.2, -0.15) is 4.98 Å². The van der Waals surface area contributed by atoms with Crippen LogP contribution in [-0.2, 0) is 10.3 Å². The number of rotatable bonds is 5. The number of hydrogen-bond donors (Lipinski definition) is 1. The second kappa shape index (κ2) is 9.28. The standard InChI is InChI=1S/C25H33ClN8O/c1-25(2,20-14-28-21-8-4-5-11-34(20)21)31(3)23(35)17-15-33(16-17)22-19(26)13-29-24(30-22)32-10-6-7-18(27)9-12-32/h4-5,8,11,13-14,17-18H,6-7,9-10,12,15-16,27H2,1-3H3. The van der Waals surface area contributed by atoms with Gasteiger partial charge in [0, 0.05) is 45.5 Å². The van der Waals surface area contributed by atoms with E-state index >= 15 is 0 Å². The minimum Gasteiger partial charge on any atom is -0.353 e. The molecule has 1 atom stereocenters. The highest BCUT2D eigenvalue weighted by molar-refractivity contribution is 6.32. The molecular weight excluding hydrogens is 464 g/mol. The number of carbonyl (C=O) groups excluding carboxylic acids is 1. The van der Waals surface area contributed by atoms with E-state index in [1.165, 1.54) is 0 Å². The summed E-state index contributed by atoms with van der Waals surface area (Å²) in [6, 6.07) is 6.13. The second-order valence-electron chi connectivity index (χ2n) is 10.2. The zero-order chi connectivity index (χ0) is 24.7. The fraction of sp³-hybridized carbons (Fsp3) is 0.520. The monoisotopic (exact) mass is 496 g/mol. The largest absolute Gasteiger partial charge is 0.353 e. The molecule has 186 valence electrons. The summed E-state index contributed by atoms with van der Waals surface area (Å²) >= 11 is 6.47. The third-order valence-electron chi connectivity index (χ3n) is 7.51. The number of aromatic nitrogens is 4. The normalized spacial score (nSPS) is 19.5. The Morgan fingerprint density at radius 1 is 1.14 bits per heavy atom. The minimum atomic E-state index is -0.522. The molecule has 0 radical (unpaired) electrons. The van der Waals surface area contributed by atoms with Gasteiger partial charge in [-0.15, -0.1) is 0 Å². The first-order valence-corrected chi connectivity index (χ1v) is 12.6. The van der Waals surface area contributed by atoms with Crippen molar-refractivity contribution in [3.8, 4) is 0 Å². The van der Waals surface area contributed by atoms with E-state index in [2.05, 4.69) is 33.6 Å². The quantitative estimate of drug-likeness (QED) is 0.580. The first-order valence-electron chi connectivity index (χ1n) is 12.2. The molecule has 5 rings (SSSR count). The minimum absolute atomic E-state index is 0.101. The van der Waals surface area contributed by atoms with Crippen LogP contribution in [0.15, 0.2) is 36.8 Å². The fourth-order valence-electron chi connectivity index (χ4n) is 4.96. The van der Waals surface area contributed by atoms with Crippen LogP contribution in [0.3, 0.4) is 0 Å². The second-order valence-corrected chi connectivity index (χ2v) is 10.6. The lowest BCUT2D eigenvalue weighted by Gasteiger charge is -2.44. The average Bonchev–Trinajstić information content (AvgIpc) is 3.14. The van der Waals surface area contributed by atoms with Crippen LogP contribution >= 0.6 is 11.6 Å². The van der Waals surface area contributed by atoms with Crippen LogP contribution in [0.1, 0.15) is 38.8 Å². The van der Waals surface area contributed by atoms with Gasteiger partial charge >= 0.3 is 0 Å². The van der Waals surface area contributed by atoms with Crippen molar-refractivity contribution in [2.75, 3.05) is 43.0 Å². The third-order valence-corrected chi connectivity index (χ3v) is 7.78. The zero-order valence-corrected chi connectivity index (χ0v) is 21.3. The van der Waals surface area contributed by atoms with Gasteiger partial charge in [0.25, 0.3) is 0 Å². The van der Waals surface area contributed by atoms with Gasteiger partial charge in [-0.1, -0.05) is 17.7 Å². The van der Waals surface area contributed by atoms with Crippen molar-refractivity contribution >= 4 is 34.9 Å². The van der Waals surface area contributed by atoms with E-state index in [9.17, 15) is 4.79 Å². The SMILES string of the molecule is CN(C(=O)C1CN(c2nc(N3CCCC(N)CC3)ncc2Cl)C1)C(C)(C)c1cnc2ccccn12. The molecule has 2 saturated heterocycles. The van der Waals surface area contributed by atoms with E-state index in [0.717, 1.165) is 43.7 Å². The molecule has 3 aromatic rings. The lowest BCUT2D eigenvalue weighted by atomic mass is 9.93. The van der Waals surface area contributed by atoms with E-state index in [1.807, 2.05) is 46.9 Å². The maximum absolute atomic E-state index is 13.4. The van der Waals surface area contributed by atoms with Gasteiger partial charge < -0.3 is 24.8 Å². The number of anilines is 2. The van der Waals surface area contributed by atoms with Gasteiger partial charge in [0.15, 0.2) is 5.82 Å². The van der Waals surface area contributed by atoms with Gasteiger partial charge in [0.05, 0.1) is 29.5 Å². The lowest BCUT2D eigenvalue weighted by Crippen LogP contribution is -2.57. The van der Waals surface area contributed by atoms with E-state index in [-0.39, 0.29) is 17.9 Å². The molecule has 0 bridgehead atoms. The summed E-state index contributed by atoms with van der Waals surface area (Å²) in [5.41, 5.74) is 7.45. The van der Waals surface area contributed by atoms with Crippen molar-refractivity contribution in [2.45, 2.75) is 44.7 Å². The molecule has 2 aliphatic rings. The summed E-state index contributed by atoms with van der Waals surface area (Å²) in [6.07, 6.45) is 8.47. The number of halogens is 1. The molecule has 2 N–H and O–H groups in total. The van der Waals surface area contributed by atoms with Crippen molar-refractivity contribution in [3.05, 3.63) is 47.5 Å². The third kappa shape index (κ3) is 4.43. The summed E-state index contributed by atoms with van der Waals surface area (Å²) < 4.78 is 2.04. The molecule has 35 heavy (non-hydrogen) atoms. The Balaban J connectivity index is 1.27. The summed E-state index contributed by atoms with van der Waals surface area (Å²) in [5.74, 6) is 1.35. The predicted octanol–water partition coefficient (Wildman–Crippen LogP) is 2.93. The molecule has 0 aromatic carbocycles. The Kier molecular flexibility index (Phi) is 6.31. The van der Waals surface area contributed by atoms with Gasteiger partial charge in [-0.25, -0.2) is 9.97 Å². The van der Waals surface area contributed by atoms with Crippen molar-refractivity contribution in [1.82, 2.24) is 24.3 Å². The maximum Gasteiger partial charge on any atom is 0.229 e. The van der Waals surface area contributed by atoms with Crippen LogP contribution in [-0.4, -0.2) is 69.4 Å². The number of amides is 1. The molecule has 2 aliphatic heterocycles. The van der Waals surface area contributed by atoms with Crippen LogP contribution in [0, 0.1) is 5.92 Å². The van der Waals surface area contributed by atoms with Crippen LogP contribution in [0.25, 0.3) is 5.65 Å². The highest BCUT2D eigenvalue weighted by Crippen LogP contribution is 2.34. The van der Waals surface area contributed by atoms with Gasteiger partial charge in [-0.3, -0.25) is 4.79 Å². The molecule has 10 heteroatoms. The van der Waals surface area contributed by atoms with E-state index in [1.54, 1.807) is 6.20 Å². The molecule has 0 aliphatic carbocycles. The summed E-state index contributed by atoms with van der Waals surface area (Å²) in [4.78, 5) is 33.3. The predicted molar refractivity (Wildman–Crippen MR) is 138 cm³/mol. The Hall–Kier alpha value is -2.91. The van der Waals surface area contributed by atoms with Crippen LogP contribution in [0.5, 0.6) is 0 Å². The summed E-state index contributed by atoms with van der Waals surface area (Å²) in [6.45, 7) is 6.99. The van der Waals surface area contributed by atoms with Crippen molar-refractivity contribution in [2.24, 2.45) is 11.7 Å². The Bertz CT molecular complexity index is 1220. The van der Waals surface area contributed by atoms with Crippen molar-refractivity contribution in [3.63, 3.8) is 0 Å². The summed E-state index contributed by atoms with van der Waals surface area (Å²) in [7, 11) is 1.87. The number of pyridine rings is 1. The van der Waals surface area contributed by atoms with Crippen molar-refractivity contribution in [1.29, 1.82) is 0 Å². The molecule has 5 heterocycles. The zero-order valence-electron chi connectivity index (χ0n) is 20.6. The maximum atomic E-state index is 13.4. The number of carbonyl (C=O) groups is 1. The molecule has 2 fully saturated rings. The molecule has 9 nitrogen and oxygen atoms in total. The number of nitrogens with zero attached hydrogens (tertiary/aromatic N) is 7. The molecule has 0 spiro atoms. The molecule has 1 unspecified atom stereocenters. The smallest absolute Gasteiger partial charge is 0.229 e. The van der Waals surface area contributed by atoms with Crippen LogP contribution in [0.2, 0.25) is 5.02 Å². The first kappa shape index (κ1) is 23.8. The number of hydrogen-bond acceptors (Lipinski definition) is 7.